The molecule has 2 aromatic carbocycles. The van der Waals surface area contributed by atoms with Gasteiger partial charge in [0.2, 0.25) is 0 Å². The number of alkyl halides is 3. The molecule has 0 saturated carbocycles. The van der Waals surface area contributed by atoms with Crippen molar-refractivity contribution >= 4 is 29.2 Å². The van der Waals surface area contributed by atoms with Gasteiger partial charge in [-0.15, -0.1) is 0 Å². The van der Waals surface area contributed by atoms with Crippen LogP contribution >= 0.6 is 0 Å². The summed E-state index contributed by atoms with van der Waals surface area (Å²) in [6, 6.07) is 5.51. The highest BCUT2D eigenvalue weighted by molar-refractivity contribution is 7.88. The molecule has 11 heteroatoms. The van der Waals surface area contributed by atoms with Gasteiger partial charge in [-0.2, -0.15) is 21.6 Å². The molecule has 30 heavy (non-hydrogen) atoms. The number of fused-ring (bicyclic) bond motifs is 1. The van der Waals surface area contributed by atoms with Crippen molar-refractivity contribution < 1.29 is 39.7 Å². The fourth-order valence-corrected chi connectivity index (χ4v) is 3.91. The molecule has 0 amide bonds. The van der Waals surface area contributed by atoms with E-state index < -0.39 is 29.7 Å². The minimum atomic E-state index is -5.85. The van der Waals surface area contributed by atoms with E-state index in [0.717, 1.165) is 6.07 Å². The molecule has 0 radical (unpaired) electrons. The van der Waals surface area contributed by atoms with Gasteiger partial charge in [0.1, 0.15) is 23.0 Å². The van der Waals surface area contributed by atoms with Gasteiger partial charge in [-0.3, -0.25) is 0 Å². The first kappa shape index (κ1) is 24.1. The van der Waals surface area contributed by atoms with Crippen LogP contribution in [0, 0.1) is 0 Å². The third kappa shape index (κ3) is 4.61. The molecule has 0 aromatic heterocycles. The van der Waals surface area contributed by atoms with E-state index in [1.807, 2.05) is 33.9 Å². The number of halogens is 3. The molecule has 0 aliphatic heterocycles. The molecule has 0 saturated heterocycles. The van der Waals surface area contributed by atoms with Gasteiger partial charge in [0, 0.05) is 11.5 Å². The van der Waals surface area contributed by atoms with Crippen molar-refractivity contribution in [1.82, 2.24) is 0 Å². The Kier molecular flexibility index (Phi) is 6.31. The van der Waals surface area contributed by atoms with Gasteiger partial charge in [0.15, 0.2) is 0 Å². The molecular weight excluding hydrogens is 441 g/mol. The fourth-order valence-electron chi connectivity index (χ4n) is 2.43. The summed E-state index contributed by atoms with van der Waals surface area (Å²) < 4.78 is 82.6. The predicted octanol–water partition coefficient (Wildman–Crippen LogP) is 5.47. The molecular formula is C19H25F3O6SSi. The Hall–Kier alpha value is -2.14. The zero-order chi connectivity index (χ0) is 23.1. The largest absolute Gasteiger partial charge is 0.543 e. The summed E-state index contributed by atoms with van der Waals surface area (Å²) in [4.78, 5) is 0. The second-order valence-corrected chi connectivity index (χ2v) is 14.4. The van der Waals surface area contributed by atoms with Crippen LogP contribution in [0.15, 0.2) is 24.3 Å². The molecule has 0 bridgehead atoms. The van der Waals surface area contributed by atoms with Gasteiger partial charge in [-0.05, 0) is 36.3 Å². The van der Waals surface area contributed by atoms with Crippen molar-refractivity contribution in [1.29, 1.82) is 0 Å². The summed E-state index contributed by atoms with van der Waals surface area (Å²) in [6.07, 6.45) is 0. The average Bonchev–Trinajstić information content (AvgIpc) is 2.59. The zero-order valence-electron chi connectivity index (χ0n) is 17.8. The van der Waals surface area contributed by atoms with Crippen LogP contribution in [0.1, 0.15) is 20.8 Å². The Labute approximate surface area is 175 Å². The van der Waals surface area contributed by atoms with Crippen molar-refractivity contribution in [2.75, 3.05) is 14.2 Å². The van der Waals surface area contributed by atoms with Crippen LogP contribution in [-0.2, 0) is 10.1 Å². The van der Waals surface area contributed by atoms with E-state index >= 15 is 0 Å². The number of methoxy groups -OCH3 is 2. The van der Waals surface area contributed by atoms with Crippen molar-refractivity contribution in [3.05, 3.63) is 24.3 Å². The molecule has 0 unspecified atom stereocenters. The first-order valence-electron chi connectivity index (χ1n) is 8.92. The van der Waals surface area contributed by atoms with Crippen LogP contribution in [0.25, 0.3) is 10.8 Å². The molecule has 0 aliphatic carbocycles. The lowest BCUT2D eigenvalue weighted by Crippen LogP contribution is -2.43. The number of ether oxygens (including phenoxy) is 2. The second kappa shape index (κ2) is 7.84. The Bertz CT molecular complexity index is 1040. The van der Waals surface area contributed by atoms with Crippen LogP contribution in [-0.4, -0.2) is 36.5 Å². The third-order valence-corrected chi connectivity index (χ3v) is 10.4. The van der Waals surface area contributed by atoms with E-state index in [2.05, 4.69) is 4.18 Å². The summed E-state index contributed by atoms with van der Waals surface area (Å²) in [5.74, 6) is 0.280. The lowest BCUT2D eigenvalue weighted by atomic mass is 10.1. The molecule has 0 atom stereocenters. The van der Waals surface area contributed by atoms with E-state index in [0.29, 0.717) is 22.3 Å². The maximum absolute atomic E-state index is 12.8. The van der Waals surface area contributed by atoms with Gasteiger partial charge in [0.05, 0.1) is 19.6 Å². The minimum absolute atomic E-state index is 0.0809. The van der Waals surface area contributed by atoms with Gasteiger partial charge in [-0.1, -0.05) is 20.8 Å². The molecule has 2 aromatic rings. The normalized spacial score (nSPS) is 13.3. The molecule has 0 heterocycles. The van der Waals surface area contributed by atoms with Gasteiger partial charge < -0.3 is 18.1 Å². The average molecular weight is 467 g/mol. The highest BCUT2D eigenvalue weighted by atomic mass is 32.2. The van der Waals surface area contributed by atoms with Gasteiger partial charge >= 0.3 is 15.6 Å². The first-order chi connectivity index (χ1) is 13.5. The van der Waals surface area contributed by atoms with Crippen LogP contribution in [0.4, 0.5) is 13.2 Å². The maximum Gasteiger partial charge on any atom is 0.534 e. The number of hydrogen-bond acceptors (Lipinski definition) is 6. The smallest absolute Gasteiger partial charge is 0.534 e. The second-order valence-electron chi connectivity index (χ2n) is 8.16. The topological polar surface area (TPSA) is 71.1 Å². The summed E-state index contributed by atoms with van der Waals surface area (Å²) >= 11 is 0. The van der Waals surface area contributed by atoms with Crippen LogP contribution < -0.4 is 18.1 Å². The number of rotatable bonds is 6. The third-order valence-electron chi connectivity index (χ3n) is 5.07. The standard InChI is InChI=1S/C19H25F3O6SSi/c1-18(2,3)30(6,7)28-14-8-9-15(25-4)17-13(14)10-12(11-16(17)26-5)27-29(23,24)19(20,21)22/h8-11H,1-7H3. The Morgan fingerprint density at radius 2 is 1.43 bits per heavy atom. The van der Waals surface area contributed by atoms with Crippen LogP contribution in [0.3, 0.4) is 0 Å². The summed E-state index contributed by atoms with van der Waals surface area (Å²) in [5, 5.41) is 0.579. The Morgan fingerprint density at radius 1 is 0.900 bits per heavy atom. The molecule has 0 aliphatic rings. The molecule has 0 spiro atoms. The van der Waals surface area contributed by atoms with E-state index in [1.165, 1.54) is 20.3 Å². The molecule has 168 valence electrons. The molecule has 0 N–H and O–H groups in total. The van der Waals surface area contributed by atoms with E-state index in [9.17, 15) is 21.6 Å². The number of hydrogen-bond donors (Lipinski definition) is 0. The summed E-state index contributed by atoms with van der Waals surface area (Å²) in [5.41, 5.74) is -5.57. The molecule has 2 rings (SSSR count). The summed E-state index contributed by atoms with van der Waals surface area (Å²) in [6.45, 7) is 10.1. The van der Waals surface area contributed by atoms with E-state index in [-0.39, 0.29) is 10.8 Å². The van der Waals surface area contributed by atoms with Gasteiger partial charge in [0.25, 0.3) is 8.32 Å². The van der Waals surface area contributed by atoms with Crippen LogP contribution in [0.2, 0.25) is 18.1 Å². The van der Waals surface area contributed by atoms with Gasteiger partial charge in [-0.25, -0.2) is 0 Å². The molecule has 6 nitrogen and oxygen atoms in total. The first-order valence-corrected chi connectivity index (χ1v) is 13.2. The summed E-state index contributed by atoms with van der Waals surface area (Å²) in [7, 11) is -5.45. The lowest BCUT2D eigenvalue weighted by Gasteiger charge is -2.37. The zero-order valence-corrected chi connectivity index (χ0v) is 19.6. The SMILES string of the molecule is COc1ccc(O[Si](C)(C)C(C)(C)C)c2cc(OS(=O)(=O)C(F)(F)F)cc(OC)c12. The van der Waals surface area contributed by atoms with Crippen molar-refractivity contribution in [3.63, 3.8) is 0 Å². The van der Waals surface area contributed by atoms with Crippen molar-refractivity contribution in [3.8, 4) is 23.0 Å². The number of benzene rings is 2. The highest BCUT2D eigenvalue weighted by Gasteiger charge is 2.48. The Balaban J connectivity index is 2.76. The predicted molar refractivity (Wildman–Crippen MR) is 110 cm³/mol. The van der Waals surface area contributed by atoms with E-state index in [4.69, 9.17) is 13.9 Å². The quantitative estimate of drug-likeness (QED) is 0.319. The maximum atomic E-state index is 12.8. The molecule has 0 fully saturated rings. The highest BCUT2D eigenvalue weighted by Crippen LogP contribution is 2.45. The Morgan fingerprint density at radius 3 is 1.90 bits per heavy atom. The van der Waals surface area contributed by atoms with Crippen molar-refractivity contribution in [2.45, 2.75) is 44.4 Å². The van der Waals surface area contributed by atoms with Crippen molar-refractivity contribution in [2.24, 2.45) is 0 Å². The van der Waals surface area contributed by atoms with E-state index in [1.54, 1.807) is 12.1 Å². The monoisotopic (exact) mass is 466 g/mol. The minimum Gasteiger partial charge on any atom is -0.543 e. The van der Waals surface area contributed by atoms with Crippen LogP contribution in [0.5, 0.6) is 23.0 Å². The fraction of sp³-hybridized carbons (Fsp3) is 0.474. The lowest BCUT2D eigenvalue weighted by molar-refractivity contribution is -0.0500.